The number of rotatable bonds is 1. The highest BCUT2D eigenvalue weighted by Gasteiger charge is 2.16. The summed E-state index contributed by atoms with van der Waals surface area (Å²) in [6.45, 7) is 0. The fourth-order valence-electron chi connectivity index (χ4n) is 1.32. The average Bonchev–Trinajstić information content (AvgIpc) is 2.53. The number of nitrogens with two attached hydrogens (primary N) is 2. The van der Waals surface area contributed by atoms with Crippen LogP contribution in [0.1, 0.15) is 10.5 Å². The molecule has 2 aromatic rings. The van der Waals surface area contributed by atoms with Crippen LogP contribution in [0.3, 0.4) is 0 Å². The fourth-order valence-corrected chi connectivity index (χ4v) is 1.79. The van der Waals surface area contributed by atoms with Gasteiger partial charge in [0.15, 0.2) is 11.3 Å². The summed E-state index contributed by atoms with van der Waals surface area (Å²) >= 11 is 3.29. The summed E-state index contributed by atoms with van der Waals surface area (Å²) in [5.41, 5.74) is 11.7. The molecule has 0 fully saturated rings. The van der Waals surface area contributed by atoms with E-state index in [0.29, 0.717) is 10.1 Å². The van der Waals surface area contributed by atoms with Gasteiger partial charge in [-0.05, 0) is 15.9 Å². The molecule has 0 bridgehead atoms. The largest absolute Gasteiger partial charge is 0.396 e. The summed E-state index contributed by atoms with van der Waals surface area (Å²) in [5, 5.41) is 4.76. The van der Waals surface area contributed by atoms with Crippen molar-refractivity contribution in [2.75, 3.05) is 5.73 Å². The molecule has 0 aliphatic carbocycles. The van der Waals surface area contributed by atoms with Gasteiger partial charge in [-0.15, -0.1) is 0 Å². The minimum Gasteiger partial charge on any atom is -0.396 e. The van der Waals surface area contributed by atoms with Crippen molar-refractivity contribution >= 4 is 38.6 Å². The Morgan fingerprint density at radius 1 is 1.60 bits per heavy atom. The number of aryl methyl sites for hydroxylation is 1. The number of carbonyl (C=O) groups is 1. The van der Waals surface area contributed by atoms with E-state index in [4.69, 9.17) is 11.5 Å². The van der Waals surface area contributed by atoms with Gasteiger partial charge in [0.05, 0.1) is 21.7 Å². The van der Waals surface area contributed by atoms with Gasteiger partial charge in [0.2, 0.25) is 0 Å². The molecule has 15 heavy (non-hydrogen) atoms. The molecule has 0 radical (unpaired) electrons. The molecule has 1 amide bonds. The van der Waals surface area contributed by atoms with Gasteiger partial charge < -0.3 is 11.5 Å². The third-order valence-corrected chi connectivity index (χ3v) is 2.94. The molecule has 4 N–H and O–H groups in total. The van der Waals surface area contributed by atoms with Crippen LogP contribution in [0.15, 0.2) is 10.7 Å². The first-order chi connectivity index (χ1) is 7.02. The third-order valence-electron chi connectivity index (χ3n) is 2.09. The SMILES string of the molecule is Cn1ncc2c(Br)c(N)c(C(N)=O)nc21. The molecule has 0 spiro atoms. The second-order valence-electron chi connectivity index (χ2n) is 3.06. The van der Waals surface area contributed by atoms with E-state index >= 15 is 0 Å². The molecule has 0 aliphatic rings. The van der Waals surface area contributed by atoms with E-state index in [1.165, 1.54) is 0 Å². The molecule has 0 aliphatic heterocycles. The van der Waals surface area contributed by atoms with Crippen LogP contribution in [-0.4, -0.2) is 20.7 Å². The van der Waals surface area contributed by atoms with E-state index in [0.717, 1.165) is 5.39 Å². The summed E-state index contributed by atoms with van der Waals surface area (Å²) in [5.74, 6) is -0.656. The number of primary amides is 1. The Balaban J connectivity index is 2.91. The molecule has 7 heteroatoms. The monoisotopic (exact) mass is 269 g/mol. The Morgan fingerprint density at radius 3 is 2.87 bits per heavy atom. The van der Waals surface area contributed by atoms with Crippen LogP contribution in [0.2, 0.25) is 0 Å². The topological polar surface area (TPSA) is 99.8 Å². The summed E-state index contributed by atoms with van der Waals surface area (Å²) in [7, 11) is 1.72. The van der Waals surface area contributed by atoms with E-state index in [1.807, 2.05) is 0 Å². The lowest BCUT2D eigenvalue weighted by Crippen LogP contribution is -2.16. The van der Waals surface area contributed by atoms with Crippen molar-refractivity contribution in [1.29, 1.82) is 0 Å². The van der Waals surface area contributed by atoms with E-state index in [-0.39, 0.29) is 11.4 Å². The number of fused-ring (bicyclic) bond motifs is 1. The van der Waals surface area contributed by atoms with Crippen LogP contribution in [0, 0.1) is 0 Å². The summed E-state index contributed by atoms with van der Waals surface area (Å²) in [6.07, 6.45) is 1.62. The maximum Gasteiger partial charge on any atom is 0.269 e. The van der Waals surface area contributed by atoms with Crippen LogP contribution in [0.25, 0.3) is 11.0 Å². The molecular formula is C8H8BrN5O. The predicted molar refractivity (Wildman–Crippen MR) is 59.1 cm³/mol. The Morgan fingerprint density at radius 2 is 2.27 bits per heavy atom. The molecule has 2 aromatic heterocycles. The number of carbonyl (C=O) groups excluding carboxylic acids is 1. The van der Waals surface area contributed by atoms with Crippen LogP contribution in [0.4, 0.5) is 5.69 Å². The molecule has 78 valence electrons. The first kappa shape index (κ1) is 9.91. The number of nitrogen functional groups attached to an aromatic ring is 1. The van der Waals surface area contributed by atoms with E-state index in [1.54, 1.807) is 17.9 Å². The van der Waals surface area contributed by atoms with Gasteiger partial charge in [-0.25, -0.2) is 4.98 Å². The average molecular weight is 270 g/mol. The standard InChI is InChI=1S/C8H8BrN5O/c1-14-8-3(2-12-14)4(9)5(10)6(13-8)7(11)15/h2H,10H2,1H3,(H2,11,15). The zero-order valence-corrected chi connectivity index (χ0v) is 9.45. The maximum absolute atomic E-state index is 11.1. The highest BCUT2D eigenvalue weighted by Crippen LogP contribution is 2.29. The van der Waals surface area contributed by atoms with Crippen molar-refractivity contribution in [2.45, 2.75) is 0 Å². The summed E-state index contributed by atoms with van der Waals surface area (Å²) in [6, 6.07) is 0. The van der Waals surface area contributed by atoms with Crippen LogP contribution >= 0.6 is 15.9 Å². The highest BCUT2D eigenvalue weighted by molar-refractivity contribution is 9.10. The van der Waals surface area contributed by atoms with Crippen molar-refractivity contribution in [3.63, 3.8) is 0 Å². The number of aromatic nitrogens is 3. The fraction of sp³-hybridized carbons (Fsp3) is 0.125. The normalized spacial score (nSPS) is 10.8. The Hall–Kier alpha value is -1.63. The maximum atomic E-state index is 11.1. The number of hydrogen-bond acceptors (Lipinski definition) is 4. The quantitative estimate of drug-likeness (QED) is 0.783. The Bertz CT molecular complexity index is 562. The lowest BCUT2D eigenvalue weighted by atomic mass is 10.2. The lowest BCUT2D eigenvalue weighted by Gasteiger charge is -2.04. The second-order valence-corrected chi connectivity index (χ2v) is 3.85. The van der Waals surface area contributed by atoms with Gasteiger partial charge in [0, 0.05) is 7.05 Å². The van der Waals surface area contributed by atoms with Crippen molar-refractivity contribution in [2.24, 2.45) is 12.8 Å². The zero-order chi connectivity index (χ0) is 11.2. The van der Waals surface area contributed by atoms with Gasteiger partial charge in [0.25, 0.3) is 5.91 Å². The first-order valence-electron chi connectivity index (χ1n) is 4.09. The molecule has 2 rings (SSSR count). The number of hydrogen-bond donors (Lipinski definition) is 2. The lowest BCUT2D eigenvalue weighted by molar-refractivity contribution is 0.0997. The number of nitrogens with zero attached hydrogens (tertiary/aromatic N) is 3. The molecular weight excluding hydrogens is 262 g/mol. The third kappa shape index (κ3) is 1.35. The molecule has 0 unspecified atom stereocenters. The predicted octanol–water partition coefficient (Wildman–Crippen LogP) is 0.412. The van der Waals surface area contributed by atoms with Gasteiger partial charge in [0.1, 0.15) is 0 Å². The second kappa shape index (κ2) is 3.20. The molecule has 2 heterocycles. The van der Waals surface area contributed by atoms with E-state index in [2.05, 4.69) is 26.0 Å². The van der Waals surface area contributed by atoms with Gasteiger partial charge >= 0.3 is 0 Å². The van der Waals surface area contributed by atoms with Crippen LogP contribution < -0.4 is 11.5 Å². The highest BCUT2D eigenvalue weighted by atomic mass is 79.9. The molecule has 6 nitrogen and oxygen atoms in total. The molecule has 0 aromatic carbocycles. The van der Waals surface area contributed by atoms with Gasteiger partial charge in [-0.2, -0.15) is 5.10 Å². The summed E-state index contributed by atoms with van der Waals surface area (Å²) in [4.78, 5) is 15.1. The number of amides is 1. The van der Waals surface area contributed by atoms with Crippen LogP contribution in [0.5, 0.6) is 0 Å². The number of anilines is 1. The summed E-state index contributed by atoms with van der Waals surface area (Å²) < 4.78 is 2.14. The van der Waals surface area contributed by atoms with Gasteiger partial charge in [-0.3, -0.25) is 9.48 Å². The van der Waals surface area contributed by atoms with Crippen molar-refractivity contribution < 1.29 is 4.79 Å². The molecule has 0 saturated carbocycles. The van der Waals surface area contributed by atoms with Crippen molar-refractivity contribution in [3.05, 3.63) is 16.4 Å². The Labute approximate surface area is 93.4 Å². The smallest absolute Gasteiger partial charge is 0.269 e. The van der Waals surface area contributed by atoms with Gasteiger partial charge in [-0.1, -0.05) is 0 Å². The number of halogens is 1. The number of pyridine rings is 1. The van der Waals surface area contributed by atoms with Crippen LogP contribution in [-0.2, 0) is 7.05 Å². The minimum atomic E-state index is -0.656. The van der Waals surface area contributed by atoms with E-state index < -0.39 is 5.91 Å². The van der Waals surface area contributed by atoms with Crippen molar-refractivity contribution in [1.82, 2.24) is 14.8 Å². The zero-order valence-electron chi connectivity index (χ0n) is 7.86. The van der Waals surface area contributed by atoms with E-state index in [9.17, 15) is 4.79 Å². The molecule has 0 atom stereocenters. The molecule has 0 saturated heterocycles. The minimum absolute atomic E-state index is 0.0537. The Kier molecular flexibility index (Phi) is 2.11. The van der Waals surface area contributed by atoms with Crippen molar-refractivity contribution in [3.8, 4) is 0 Å². The first-order valence-corrected chi connectivity index (χ1v) is 4.88.